The molecule has 0 saturated carbocycles. The van der Waals surface area contributed by atoms with Crippen molar-refractivity contribution in [3.63, 3.8) is 0 Å². The molecule has 2 N–H and O–H groups in total. The summed E-state index contributed by atoms with van der Waals surface area (Å²) in [6.45, 7) is 0. The van der Waals surface area contributed by atoms with E-state index in [4.69, 9.17) is 0 Å². The zero-order valence-corrected chi connectivity index (χ0v) is 15.1. The van der Waals surface area contributed by atoms with Crippen LogP contribution < -0.4 is 10.9 Å². The molecule has 10 heteroatoms. The monoisotopic (exact) mass is 411 g/mol. The Morgan fingerprint density at radius 2 is 1.87 bits per heavy atom. The van der Waals surface area contributed by atoms with E-state index in [2.05, 4.69) is 25.3 Å². The maximum atomic E-state index is 13.0. The lowest BCUT2D eigenvalue weighted by atomic mass is 10.1. The van der Waals surface area contributed by atoms with E-state index in [9.17, 15) is 22.8 Å². The highest BCUT2D eigenvalue weighted by Crippen LogP contribution is 2.31. The highest BCUT2D eigenvalue weighted by molar-refractivity contribution is 6.07. The second-order valence-corrected chi connectivity index (χ2v) is 6.24. The largest absolute Gasteiger partial charge is 0.416 e. The molecule has 0 aliphatic carbocycles. The van der Waals surface area contributed by atoms with Crippen LogP contribution >= 0.6 is 0 Å². The average Bonchev–Trinajstić information content (AvgIpc) is 2.74. The number of carbonyl (C=O) groups excluding carboxylic acids is 1. The number of halogens is 3. The van der Waals surface area contributed by atoms with Crippen molar-refractivity contribution in [2.75, 3.05) is 5.32 Å². The second kappa shape index (κ2) is 7.39. The summed E-state index contributed by atoms with van der Waals surface area (Å²) in [5.41, 5.74) is -0.945. The molecule has 0 bridgehead atoms. The maximum absolute atomic E-state index is 13.0. The van der Waals surface area contributed by atoms with Gasteiger partial charge in [0.25, 0.3) is 11.5 Å². The predicted molar refractivity (Wildman–Crippen MR) is 103 cm³/mol. The molecular formula is C20H12F3N5O2. The summed E-state index contributed by atoms with van der Waals surface area (Å²) in [4.78, 5) is 39.4. The number of aromatic amines is 1. The van der Waals surface area contributed by atoms with Crippen LogP contribution in [0.15, 0.2) is 65.8 Å². The third-order valence-electron chi connectivity index (χ3n) is 4.24. The third-order valence-corrected chi connectivity index (χ3v) is 4.24. The summed E-state index contributed by atoms with van der Waals surface area (Å²) in [5, 5.41) is 2.78. The summed E-state index contributed by atoms with van der Waals surface area (Å²) >= 11 is 0. The molecule has 4 rings (SSSR count). The number of H-pyrrole nitrogens is 1. The minimum Gasteiger partial charge on any atom is -0.319 e. The molecular weight excluding hydrogens is 399 g/mol. The van der Waals surface area contributed by atoms with Crippen molar-refractivity contribution in [3.05, 3.63) is 82.7 Å². The van der Waals surface area contributed by atoms with E-state index in [-0.39, 0.29) is 33.7 Å². The highest BCUT2D eigenvalue weighted by atomic mass is 19.4. The van der Waals surface area contributed by atoms with E-state index in [1.54, 1.807) is 6.07 Å². The van der Waals surface area contributed by atoms with Gasteiger partial charge in [-0.1, -0.05) is 18.2 Å². The summed E-state index contributed by atoms with van der Waals surface area (Å²) < 4.78 is 39.1. The first-order valence-corrected chi connectivity index (χ1v) is 8.61. The number of benzene rings is 2. The molecule has 4 aromatic rings. The quantitative estimate of drug-likeness (QED) is 0.536. The van der Waals surface area contributed by atoms with Crippen LogP contribution in [-0.2, 0) is 6.18 Å². The Hall–Kier alpha value is -4.08. The van der Waals surface area contributed by atoms with E-state index in [1.807, 2.05) is 0 Å². The van der Waals surface area contributed by atoms with Crippen molar-refractivity contribution in [3.8, 4) is 11.4 Å². The fraction of sp³-hybridized carbons (Fsp3) is 0.0500. The zero-order valence-electron chi connectivity index (χ0n) is 15.1. The van der Waals surface area contributed by atoms with Crippen molar-refractivity contribution in [2.24, 2.45) is 0 Å². The van der Waals surface area contributed by atoms with Gasteiger partial charge in [0.1, 0.15) is 17.0 Å². The van der Waals surface area contributed by atoms with Gasteiger partial charge in [-0.25, -0.2) is 9.97 Å². The molecule has 2 heterocycles. The lowest BCUT2D eigenvalue weighted by molar-refractivity contribution is -0.137. The fourth-order valence-electron chi connectivity index (χ4n) is 2.84. The smallest absolute Gasteiger partial charge is 0.319 e. The number of fused-ring (bicyclic) bond motifs is 1. The number of nitrogens with one attached hydrogen (secondary N) is 2. The zero-order chi connectivity index (χ0) is 21.3. The SMILES string of the molecule is O=C(Nc1cccc2c(=O)[nH]c(-c3cccc(C(F)(F)F)c3)nc12)c1cnccn1. The summed E-state index contributed by atoms with van der Waals surface area (Å²) in [7, 11) is 0. The van der Waals surface area contributed by atoms with Gasteiger partial charge in [0.05, 0.1) is 22.8 Å². The average molecular weight is 411 g/mol. The maximum Gasteiger partial charge on any atom is 0.416 e. The van der Waals surface area contributed by atoms with E-state index in [0.29, 0.717) is 0 Å². The van der Waals surface area contributed by atoms with Gasteiger partial charge < -0.3 is 10.3 Å². The minimum atomic E-state index is -4.54. The highest BCUT2D eigenvalue weighted by Gasteiger charge is 2.30. The van der Waals surface area contributed by atoms with Crippen LogP contribution in [-0.4, -0.2) is 25.8 Å². The first-order valence-electron chi connectivity index (χ1n) is 8.61. The predicted octanol–water partition coefficient (Wildman–Crippen LogP) is 3.65. The standard InChI is InChI=1S/C20H12F3N5O2/c21-20(22,23)12-4-1-3-11(9-12)17-27-16-13(18(29)28-17)5-2-6-14(16)26-19(30)15-10-24-7-8-25-15/h1-10H,(H,26,30)(H,27,28,29). The van der Waals surface area contributed by atoms with Crippen molar-refractivity contribution >= 4 is 22.5 Å². The minimum absolute atomic E-state index is 0.0532. The number of aromatic nitrogens is 4. The second-order valence-electron chi connectivity index (χ2n) is 6.24. The summed E-state index contributed by atoms with van der Waals surface area (Å²) in [5.74, 6) is -0.627. The molecule has 0 unspecified atom stereocenters. The normalized spacial score (nSPS) is 11.4. The van der Waals surface area contributed by atoms with Crippen molar-refractivity contribution in [1.82, 2.24) is 19.9 Å². The van der Waals surface area contributed by atoms with Crippen LogP contribution in [0.25, 0.3) is 22.3 Å². The molecule has 30 heavy (non-hydrogen) atoms. The number of rotatable bonds is 3. The van der Waals surface area contributed by atoms with Crippen LogP contribution in [0.2, 0.25) is 0 Å². The van der Waals surface area contributed by atoms with Crippen molar-refractivity contribution in [1.29, 1.82) is 0 Å². The lowest BCUT2D eigenvalue weighted by Gasteiger charge is -2.11. The van der Waals surface area contributed by atoms with E-state index >= 15 is 0 Å². The number of alkyl halides is 3. The Balaban J connectivity index is 1.81. The number of hydrogen-bond acceptors (Lipinski definition) is 5. The molecule has 0 aliphatic heterocycles. The van der Waals surface area contributed by atoms with Crippen LogP contribution in [0.3, 0.4) is 0 Å². The van der Waals surface area contributed by atoms with Crippen molar-refractivity contribution < 1.29 is 18.0 Å². The Bertz CT molecular complexity index is 1300. The molecule has 7 nitrogen and oxygen atoms in total. The third kappa shape index (κ3) is 3.75. The number of anilines is 1. The number of amides is 1. The molecule has 1 amide bonds. The Labute approximate surface area is 166 Å². The van der Waals surface area contributed by atoms with Gasteiger partial charge in [-0.2, -0.15) is 13.2 Å². The van der Waals surface area contributed by atoms with E-state index in [0.717, 1.165) is 12.1 Å². The van der Waals surface area contributed by atoms with Gasteiger partial charge in [-0.05, 0) is 24.3 Å². The molecule has 0 aliphatic rings. The molecule has 0 saturated heterocycles. The molecule has 2 aromatic heterocycles. The fourth-order valence-corrected chi connectivity index (χ4v) is 2.84. The molecule has 150 valence electrons. The van der Waals surface area contributed by atoms with Gasteiger partial charge in [-0.15, -0.1) is 0 Å². The van der Waals surface area contributed by atoms with Gasteiger partial charge in [0.15, 0.2) is 0 Å². The first-order chi connectivity index (χ1) is 14.3. The molecule has 0 radical (unpaired) electrons. The van der Waals surface area contributed by atoms with E-state index in [1.165, 1.54) is 42.9 Å². The number of nitrogens with zero attached hydrogens (tertiary/aromatic N) is 3. The topological polar surface area (TPSA) is 101 Å². The van der Waals surface area contributed by atoms with Gasteiger partial charge in [0.2, 0.25) is 0 Å². The summed E-state index contributed by atoms with van der Waals surface area (Å²) in [6.07, 6.45) is -0.498. The number of para-hydroxylation sites is 1. The number of hydrogen-bond donors (Lipinski definition) is 2. The molecule has 2 aromatic carbocycles. The van der Waals surface area contributed by atoms with E-state index < -0.39 is 23.2 Å². The number of carbonyl (C=O) groups is 1. The van der Waals surface area contributed by atoms with Gasteiger partial charge in [0, 0.05) is 18.0 Å². The van der Waals surface area contributed by atoms with Gasteiger partial charge in [-0.3, -0.25) is 14.6 Å². The Morgan fingerprint density at radius 1 is 1.07 bits per heavy atom. The Kier molecular flexibility index (Phi) is 4.74. The van der Waals surface area contributed by atoms with Gasteiger partial charge >= 0.3 is 6.18 Å². The van der Waals surface area contributed by atoms with Crippen molar-refractivity contribution in [2.45, 2.75) is 6.18 Å². The molecule has 0 atom stereocenters. The molecule has 0 fully saturated rings. The van der Waals surface area contributed by atoms with Crippen LogP contribution in [0.5, 0.6) is 0 Å². The lowest BCUT2D eigenvalue weighted by Crippen LogP contribution is -2.16. The first kappa shape index (κ1) is 19.2. The van der Waals surface area contributed by atoms with Crippen LogP contribution in [0.1, 0.15) is 16.1 Å². The van der Waals surface area contributed by atoms with Crippen LogP contribution in [0, 0.1) is 0 Å². The summed E-state index contributed by atoms with van der Waals surface area (Å²) in [6, 6.07) is 9.02. The van der Waals surface area contributed by atoms with Crippen LogP contribution in [0.4, 0.5) is 18.9 Å². The molecule has 0 spiro atoms. The Morgan fingerprint density at radius 3 is 2.60 bits per heavy atom.